The molecule has 0 bridgehead atoms. The Morgan fingerprint density at radius 2 is 2.31 bits per heavy atom. The van der Waals surface area contributed by atoms with E-state index < -0.39 is 0 Å². The second-order valence-electron chi connectivity index (χ2n) is 2.60. The van der Waals surface area contributed by atoms with Gasteiger partial charge in [0.15, 0.2) is 0 Å². The Labute approximate surface area is 77.3 Å². The van der Waals surface area contributed by atoms with Gasteiger partial charge in [-0.1, -0.05) is 0 Å². The number of nitrogen functional groups attached to an aromatic ring is 1. The lowest BCUT2D eigenvalue weighted by atomic mass is 10.2. The van der Waals surface area contributed by atoms with Gasteiger partial charge in [-0.05, 0) is 12.1 Å². The fraction of sp³-hybridized carbons (Fsp3) is 0.333. The van der Waals surface area contributed by atoms with Crippen LogP contribution in [0.15, 0.2) is 18.2 Å². The van der Waals surface area contributed by atoms with Gasteiger partial charge < -0.3 is 20.9 Å². The molecule has 0 radical (unpaired) electrons. The van der Waals surface area contributed by atoms with E-state index in [9.17, 15) is 0 Å². The standard InChI is InChI=1S/C9H14N2O2/c1-13-7-2-3-9(8(10)6-7)11-4-5-12/h2-3,6,11-12H,4-5,10H2,1H3. The SMILES string of the molecule is COc1ccc(NCCO)c(N)c1. The van der Waals surface area contributed by atoms with E-state index in [4.69, 9.17) is 15.6 Å². The second-order valence-corrected chi connectivity index (χ2v) is 2.60. The van der Waals surface area contributed by atoms with Gasteiger partial charge in [-0.2, -0.15) is 0 Å². The first-order valence-electron chi connectivity index (χ1n) is 4.06. The van der Waals surface area contributed by atoms with E-state index in [-0.39, 0.29) is 6.61 Å². The first-order valence-corrected chi connectivity index (χ1v) is 4.06. The maximum Gasteiger partial charge on any atom is 0.121 e. The third-order valence-corrected chi connectivity index (χ3v) is 1.69. The number of anilines is 2. The molecule has 0 aliphatic heterocycles. The van der Waals surface area contributed by atoms with Gasteiger partial charge in [0.05, 0.1) is 25.1 Å². The molecule has 1 aromatic carbocycles. The van der Waals surface area contributed by atoms with E-state index in [1.54, 1.807) is 13.2 Å². The molecule has 0 fully saturated rings. The van der Waals surface area contributed by atoms with Crippen molar-refractivity contribution in [2.24, 2.45) is 0 Å². The Hall–Kier alpha value is -1.42. The van der Waals surface area contributed by atoms with Crippen molar-refractivity contribution in [3.63, 3.8) is 0 Å². The maximum atomic E-state index is 8.59. The number of hydrogen-bond donors (Lipinski definition) is 3. The topological polar surface area (TPSA) is 67.5 Å². The maximum absolute atomic E-state index is 8.59. The number of ether oxygens (including phenoxy) is 1. The van der Waals surface area contributed by atoms with Gasteiger partial charge in [0.2, 0.25) is 0 Å². The summed E-state index contributed by atoms with van der Waals surface area (Å²) in [7, 11) is 1.59. The molecule has 4 N–H and O–H groups in total. The molecule has 0 aliphatic carbocycles. The Bertz CT molecular complexity index is 276. The first-order chi connectivity index (χ1) is 6.27. The summed E-state index contributed by atoms with van der Waals surface area (Å²) in [5.41, 5.74) is 7.15. The zero-order valence-corrected chi connectivity index (χ0v) is 7.58. The number of rotatable bonds is 4. The van der Waals surface area contributed by atoms with Crippen LogP contribution in [0, 0.1) is 0 Å². The summed E-state index contributed by atoms with van der Waals surface area (Å²) in [6, 6.07) is 5.37. The third kappa shape index (κ3) is 2.52. The number of nitrogens with two attached hydrogens (primary N) is 1. The summed E-state index contributed by atoms with van der Waals surface area (Å²) in [5.74, 6) is 0.729. The molecule has 0 unspecified atom stereocenters. The van der Waals surface area contributed by atoms with Gasteiger partial charge in [0.1, 0.15) is 5.75 Å². The van der Waals surface area contributed by atoms with Crippen molar-refractivity contribution < 1.29 is 9.84 Å². The molecule has 0 saturated heterocycles. The van der Waals surface area contributed by atoms with Crippen molar-refractivity contribution in [3.8, 4) is 5.75 Å². The van der Waals surface area contributed by atoms with Crippen LogP contribution in [0.4, 0.5) is 11.4 Å². The molecular weight excluding hydrogens is 168 g/mol. The largest absolute Gasteiger partial charge is 0.497 e. The zero-order chi connectivity index (χ0) is 9.68. The minimum atomic E-state index is 0.0888. The first kappa shape index (κ1) is 9.67. The average molecular weight is 182 g/mol. The Morgan fingerprint density at radius 3 is 2.85 bits per heavy atom. The van der Waals surface area contributed by atoms with Crippen LogP contribution in [0.1, 0.15) is 0 Å². The minimum Gasteiger partial charge on any atom is -0.497 e. The van der Waals surface area contributed by atoms with Gasteiger partial charge >= 0.3 is 0 Å². The lowest BCUT2D eigenvalue weighted by Crippen LogP contribution is -2.07. The monoisotopic (exact) mass is 182 g/mol. The highest BCUT2D eigenvalue weighted by Crippen LogP contribution is 2.23. The zero-order valence-electron chi connectivity index (χ0n) is 7.58. The van der Waals surface area contributed by atoms with E-state index in [2.05, 4.69) is 5.32 Å². The van der Waals surface area contributed by atoms with Crippen LogP contribution in [0.3, 0.4) is 0 Å². The predicted octanol–water partition coefficient (Wildman–Crippen LogP) is 0.682. The fourth-order valence-electron chi connectivity index (χ4n) is 1.02. The van der Waals surface area contributed by atoms with Gasteiger partial charge in [0.25, 0.3) is 0 Å². The Balaban J connectivity index is 2.73. The number of methoxy groups -OCH3 is 1. The highest BCUT2D eigenvalue weighted by Gasteiger charge is 1.99. The number of hydrogen-bond acceptors (Lipinski definition) is 4. The van der Waals surface area contributed by atoms with Crippen LogP contribution in [-0.4, -0.2) is 25.4 Å². The molecule has 72 valence electrons. The second kappa shape index (κ2) is 4.57. The smallest absolute Gasteiger partial charge is 0.121 e. The predicted molar refractivity (Wildman–Crippen MR) is 53.0 cm³/mol. The molecule has 1 aromatic rings. The van der Waals surface area contributed by atoms with Crippen LogP contribution in [-0.2, 0) is 0 Å². The van der Waals surface area contributed by atoms with Crippen LogP contribution >= 0.6 is 0 Å². The van der Waals surface area contributed by atoms with Gasteiger partial charge in [-0.3, -0.25) is 0 Å². The quantitative estimate of drug-likeness (QED) is 0.599. The van der Waals surface area contributed by atoms with Gasteiger partial charge in [0, 0.05) is 12.6 Å². The van der Waals surface area contributed by atoms with Crippen molar-refractivity contribution in [1.29, 1.82) is 0 Å². The van der Waals surface area contributed by atoms with E-state index in [1.165, 1.54) is 0 Å². The number of aliphatic hydroxyl groups is 1. The molecule has 4 heteroatoms. The molecule has 0 aliphatic rings. The number of benzene rings is 1. The van der Waals surface area contributed by atoms with Crippen molar-refractivity contribution in [2.75, 3.05) is 31.3 Å². The van der Waals surface area contributed by atoms with Crippen LogP contribution < -0.4 is 15.8 Å². The van der Waals surface area contributed by atoms with E-state index in [0.29, 0.717) is 12.2 Å². The highest BCUT2D eigenvalue weighted by atomic mass is 16.5. The van der Waals surface area contributed by atoms with Crippen LogP contribution in [0.2, 0.25) is 0 Å². The molecule has 0 heterocycles. The minimum absolute atomic E-state index is 0.0888. The lowest BCUT2D eigenvalue weighted by molar-refractivity contribution is 0.311. The molecule has 0 saturated carbocycles. The highest BCUT2D eigenvalue weighted by molar-refractivity contribution is 5.68. The van der Waals surface area contributed by atoms with Gasteiger partial charge in [-0.25, -0.2) is 0 Å². The van der Waals surface area contributed by atoms with Gasteiger partial charge in [-0.15, -0.1) is 0 Å². The Kier molecular flexibility index (Phi) is 3.40. The summed E-state index contributed by atoms with van der Waals surface area (Å²) in [6.07, 6.45) is 0. The number of nitrogens with one attached hydrogen (secondary N) is 1. The van der Waals surface area contributed by atoms with Crippen LogP contribution in [0.5, 0.6) is 5.75 Å². The van der Waals surface area contributed by atoms with E-state index in [1.807, 2.05) is 12.1 Å². The average Bonchev–Trinajstić information content (AvgIpc) is 2.16. The molecule has 13 heavy (non-hydrogen) atoms. The van der Waals surface area contributed by atoms with E-state index >= 15 is 0 Å². The molecule has 0 amide bonds. The Morgan fingerprint density at radius 1 is 1.54 bits per heavy atom. The molecular formula is C9H14N2O2. The summed E-state index contributed by atoms with van der Waals surface area (Å²) in [6.45, 7) is 0.585. The molecule has 1 rings (SSSR count). The van der Waals surface area contributed by atoms with Crippen molar-refractivity contribution in [2.45, 2.75) is 0 Å². The van der Waals surface area contributed by atoms with Crippen molar-refractivity contribution in [1.82, 2.24) is 0 Å². The lowest BCUT2D eigenvalue weighted by Gasteiger charge is -2.08. The molecule has 4 nitrogen and oxygen atoms in total. The molecule has 0 atom stereocenters. The summed E-state index contributed by atoms with van der Waals surface area (Å²) in [4.78, 5) is 0. The van der Waals surface area contributed by atoms with Crippen LogP contribution in [0.25, 0.3) is 0 Å². The normalized spacial score (nSPS) is 9.69. The van der Waals surface area contributed by atoms with Crippen molar-refractivity contribution in [3.05, 3.63) is 18.2 Å². The summed E-state index contributed by atoms with van der Waals surface area (Å²) in [5, 5.41) is 11.6. The van der Waals surface area contributed by atoms with E-state index in [0.717, 1.165) is 11.4 Å². The number of aliphatic hydroxyl groups excluding tert-OH is 1. The molecule has 0 spiro atoms. The molecule has 0 aromatic heterocycles. The fourth-order valence-corrected chi connectivity index (χ4v) is 1.02. The van der Waals surface area contributed by atoms with Crippen molar-refractivity contribution >= 4 is 11.4 Å². The third-order valence-electron chi connectivity index (χ3n) is 1.69. The summed E-state index contributed by atoms with van der Waals surface area (Å²) >= 11 is 0. The summed E-state index contributed by atoms with van der Waals surface area (Å²) < 4.78 is 5.00.